The summed E-state index contributed by atoms with van der Waals surface area (Å²) in [6.45, 7) is 20.0. The van der Waals surface area contributed by atoms with Gasteiger partial charge in [-0.3, -0.25) is 0 Å². The van der Waals surface area contributed by atoms with Crippen molar-refractivity contribution in [2.24, 2.45) is 10.8 Å². The molecule has 12 nitrogen and oxygen atoms in total. The second kappa shape index (κ2) is 13.8. The second-order valence-electron chi connectivity index (χ2n) is 13.6. The summed E-state index contributed by atoms with van der Waals surface area (Å²) in [4.78, 5) is 45.4. The third-order valence-electron chi connectivity index (χ3n) is 8.03. The van der Waals surface area contributed by atoms with E-state index in [1.54, 1.807) is 0 Å². The molecule has 4 rings (SSSR count). The van der Waals surface area contributed by atoms with Gasteiger partial charge in [-0.1, -0.05) is 0 Å². The molecule has 0 aromatic rings. The molecule has 4 aliphatic heterocycles. The van der Waals surface area contributed by atoms with Gasteiger partial charge in [-0.2, -0.15) is 0 Å². The number of hydrogen-bond donors (Lipinski definition) is 2. The fourth-order valence-corrected chi connectivity index (χ4v) is 5.73. The molecule has 12 heteroatoms. The Labute approximate surface area is 238 Å². The number of ether oxygens (including phenoxy) is 2. The van der Waals surface area contributed by atoms with Gasteiger partial charge in [0, 0.05) is 49.9 Å². The second-order valence-corrected chi connectivity index (χ2v) is 13.6. The average Bonchev–Trinajstić information content (AvgIpc) is 3.48. The zero-order valence-corrected chi connectivity index (χ0v) is 25.2. The van der Waals surface area contributed by atoms with Crippen LogP contribution in [0.15, 0.2) is 0 Å². The molecule has 0 aromatic carbocycles. The predicted molar refractivity (Wildman–Crippen MR) is 142 cm³/mol. The molecular weight excluding hydrogens is 520 g/mol. The quantitative estimate of drug-likeness (QED) is 0.329. The summed E-state index contributed by atoms with van der Waals surface area (Å²) in [5, 5.41) is 22.7. The number of aliphatic carboxylic acids is 2. The summed E-state index contributed by atoms with van der Waals surface area (Å²) < 4.78 is 10.8. The summed E-state index contributed by atoms with van der Waals surface area (Å²) in [6.07, 6.45) is 6.91. The van der Waals surface area contributed by atoms with Gasteiger partial charge in [-0.15, -0.1) is 0 Å². The van der Waals surface area contributed by atoms with Crippen molar-refractivity contribution in [1.29, 1.82) is 0 Å². The molecule has 0 unspecified atom stereocenters. The lowest BCUT2D eigenvalue weighted by atomic mass is 9.78. The number of nitrogens with zero attached hydrogens (tertiary/aromatic N) is 2. The lowest BCUT2D eigenvalue weighted by Gasteiger charge is -2.37. The largest absolute Gasteiger partial charge is 0.543 e. The van der Waals surface area contributed by atoms with Crippen LogP contribution in [0.25, 0.3) is 0 Å². The maximum atomic E-state index is 11.9. The van der Waals surface area contributed by atoms with Crippen LogP contribution >= 0.6 is 0 Å². The van der Waals surface area contributed by atoms with E-state index in [9.17, 15) is 9.59 Å². The Morgan fingerprint density at radius 1 is 0.600 bits per heavy atom. The number of quaternary nitrogens is 2. The number of carbonyl (C=O) groups is 4. The number of amides is 2. The summed E-state index contributed by atoms with van der Waals surface area (Å²) >= 11 is 0. The van der Waals surface area contributed by atoms with Crippen molar-refractivity contribution in [3.63, 3.8) is 0 Å². The van der Waals surface area contributed by atoms with Gasteiger partial charge < -0.3 is 49.7 Å². The van der Waals surface area contributed by atoms with Gasteiger partial charge in [-0.05, 0) is 67.2 Å². The van der Waals surface area contributed by atoms with E-state index in [-0.39, 0.29) is 23.4 Å². The molecule has 0 bridgehead atoms. The minimum Gasteiger partial charge on any atom is -0.543 e. The first kappa shape index (κ1) is 33.6. The minimum absolute atomic E-state index is 0.144. The van der Waals surface area contributed by atoms with Gasteiger partial charge in [0.15, 0.2) is 0 Å². The van der Waals surface area contributed by atoms with Crippen molar-refractivity contribution in [3.05, 3.63) is 0 Å². The van der Waals surface area contributed by atoms with Crippen molar-refractivity contribution in [3.8, 4) is 0 Å². The lowest BCUT2D eigenvalue weighted by Crippen LogP contribution is -2.82. The van der Waals surface area contributed by atoms with E-state index in [4.69, 9.17) is 29.3 Å². The molecule has 0 aliphatic carbocycles. The van der Waals surface area contributed by atoms with Crippen LogP contribution in [0.2, 0.25) is 0 Å². The fraction of sp³-hybridized carbons (Fsp3) is 0.857. The zero-order chi connectivity index (χ0) is 30.2. The Morgan fingerprint density at radius 3 is 1.10 bits per heavy atom. The molecule has 4 N–H and O–H groups in total. The van der Waals surface area contributed by atoms with Crippen LogP contribution in [0.1, 0.15) is 80.1 Å². The Kier molecular flexibility index (Phi) is 11.6. The van der Waals surface area contributed by atoms with Crippen LogP contribution in [-0.4, -0.2) is 97.5 Å². The molecule has 0 aromatic heterocycles. The number of rotatable bonds is 0. The Morgan fingerprint density at radius 2 is 0.900 bits per heavy atom. The van der Waals surface area contributed by atoms with E-state index in [1.807, 2.05) is 51.3 Å². The first-order valence-corrected chi connectivity index (χ1v) is 14.5. The van der Waals surface area contributed by atoms with Crippen LogP contribution in [-0.2, 0) is 19.1 Å². The van der Waals surface area contributed by atoms with Crippen molar-refractivity contribution in [2.75, 3.05) is 52.4 Å². The van der Waals surface area contributed by atoms with Crippen molar-refractivity contribution in [1.82, 2.24) is 9.80 Å². The molecule has 40 heavy (non-hydrogen) atoms. The molecule has 4 aliphatic rings. The smallest absolute Gasteiger partial charge is 0.410 e. The van der Waals surface area contributed by atoms with Gasteiger partial charge in [0.1, 0.15) is 11.2 Å². The Hall–Kier alpha value is -2.60. The molecule has 2 spiro atoms. The predicted octanol–water partition coefficient (Wildman–Crippen LogP) is -1.57. The summed E-state index contributed by atoms with van der Waals surface area (Å²) in [7, 11) is 0. The normalized spacial score (nSPS) is 21.6. The maximum Gasteiger partial charge on any atom is 0.410 e. The summed E-state index contributed by atoms with van der Waals surface area (Å²) in [5.74, 6) is -4.37. The highest BCUT2D eigenvalue weighted by molar-refractivity contribution is 6.25. The number of hydrogen-bond acceptors (Lipinski definition) is 8. The number of nitrogens with two attached hydrogens (primary N) is 2. The monoisotopic (exact) mass is 570 g/mol. The molecule has 4 heterocycles. The number of piperidine rings is 2. The van der Waals surface area contributed by atoms with Crippen LogP contribution in [0.5, 0.6) is 0 Å². The number of carbonyl (C=O) groups excluding carboxylic acids is 4. The molecule has 0 radical (unpaired) electrons. The van der Waals surface area contributed by atoms with E-state index in [2.05, 4.69) is 10.6 Å². The van der Waals surface area contributed by atoms with Gasteiger partial charge in [-0.25, -0.2) is 9.59 Å². The van der Waals surface area contributed by atoms with E-state index in [0.717, 1.165) is 51.9 Å². The fourth-order valence-electron chi connectivity index (χ4n) is 5.73. The van der Waals surface area contributed by atoms with Crippen molar-refractivity contribution < 1.29 is 49.5 Å². The average molecular weight is 571 g/mol. The highest BCUT2D eigenvalue weighted by Crippen LogP contribution is 2.36. The van der Waals surface area contributed by atoms with Gasteiger partial charge in [0.05, 0.1) is 38.1 Å². The van der Waals surface area contributed by atoms with Gasteiger partial charge in [0.25, 0.3) is 0 Å². The number of carboxylic acids is 2. The van der Waals surface area contributed by atoms with Crippen LogP contribution in [0.4, 0.5) is 9.59 Å². The van der Waals surface area contributed by atoms with E-state index in [1.165, 1.54) is 39.0 Å². The Bertz CT molecular complexity index is 792. The first-order chi connectivity index (χ1) is 18.4. The van der Waals surface area contributed by atoms with E-state index < -0.39 is 11.9 Å². The molecule has 2 amide bonds. The van der Waals surface area contributed by atoms with E-state index >= 15 is 0 Å². The third-order valence-corrected chi connectivity index (χ3v) is 8.03. The molecule has 0 saturated carbocycles. The van der Waals surface area contributed by atoms with Crippen LogP contribution in [0.3, 0.4) is 0 Å². The summed E-state index contributed by atoms with van der Waals surface area (Å²) in [6, 6.07) is 0. The highest BCUT2D eigenvalue weighted by atomic mass is 16.6. The van der Waals surface area contributed by atoms with Gasteiger partial charge >= 0.3 is 12.2 Å². The molecule has 4 saturated heterocycles. The molecule has 4 fully saturated rings. The number of likely N-dealkylation sites (tertiary alicyclic amines) is 2. The van der Waals surface area contributed by atoms with Crippen molar-refractivity contribution >= 4 is 24.1 Å². The van der Waals surface area contributed by atoms with E-state index in [0.29, 0.717) is 10.8 Å². The topological polar surface area (TPSA) is 173 Å². The lowest BCUT2D eigenvalue weighted by molar-refractivity contribution is -0.641. The molecular formula is C28H50N4O8. The standard InChI is InChI=1S/2C13H24N2O2.C2H2O4/c2*1-12(2,3)17-11(16)15-8-5-13(6-9-15)4-7-14-10-13;3-1(4)2(5)6/h2*14H,4-10H2,1-3H3;(H,3,4)(H,5,6). The highest BCUT2D eigenvalue weighted by Gasteiger charge is 2.42. The maximum absolute atomic E-state index is 11.9. The van der Waals surface area contributed by atoms with Crippen LogP contribution < -0.4 is 20.8 Å². The molecule has 0 atom stereocenters. The Balaban J connectivity index is 0.000000234. The van der Waals surface area contributed by atoms with Crippen molar-refractivity contribution in [2.45, 2.75) is 91.3 Å². The minimum atomic E-state index is -2.19. The SMILES string of the molecule is CC(C)(C)OC(=O)N1CCC2(CC[NH2+]C2)CC1.CC(C)(C)OC(=O)N1CCC2(CC[NH2+]C2)CC1.O=C([O-])C(=O)[O-]. The first-order valence-electron chi connectivity index (χ1n) is 14.5. The number of carboxylic acid groups (broad SMARTS) is 2. The summed E-state index contributed by atoms with van der Waals surface area (Å²) in [5.41, 5.74) is 0.262. The third kappa shape index (κ3) is 11.1. The van der Waals surface area contributed by atoms with Crippen LogP contribution in [0, 0.1) is 10.8 Å². The zero-order valence-electron chi connectivity index (χ0n) is 25.2. The molecule has 230 valence electrons. The van der Waals surface area contributed by atoms with Gasteiger partial charge in [0.2, 0.25) is 0 Å².